The lowest BCUT2D eigenvalue weighted by molar-refractivity contribution is 0.102. The fourth-order valence-corrected chi connectivity index (χ4v) is 1.70. The zero-order valence-electron chi connectivity index (χ0n) is 9.61. The average Bonchev–Trinajstić information content (AvgIpc) is 2.41. The number of anilines is 1. The lowest BCUT2D eigenvalue weighted by atomic mass is 10.2. The number of hydrogen-bond acceptors (Lipinski definition) is 3. The Morgan fingerprint density at radius 3 is 2.79 bits per heavy atom. The van der Waals surface area contributed by atoms with Gasteiger partial charge in [-0.3, -0.25) is 9.59 Å². The third kappa shape index (κ3) is 2.81. The zero-order chi connectivity index (χ0) is 13.8. The summed E-state index contributed by atoms with van der Waals surface area (Å²) in [7, 11) is 0. The monoisotopic (exact) mass is 273 g/mol. The van der Waals surface area contributed by atoms with Crippen LogP contribution in [0, 0.1) is 11.3 Å². The van der Waals surface area contributed by atoms with Crippen molar-refractivity contribution >= 4 is 23.2 Å². The molecule has 0 aliphatic rings. The van der Waals surface area contributed by atoms with Crippen molar-refractivity contribution in [3.05, 3.63) is 63.0 Å². The maximum Gasteiger partial charge on any atom is 0.261 e. The van der Waals surface area contributed by atoms with E-state index < -0.39 is 5.91 Å². The Labute approximate surface area is 113 Å². The van der Waals surface area contributed by atoms with E-state index in [1.807, 2.05) is 6.07 Å². The molecule has 2 rings (SSSR count). The van der Waals surface area contributed by atoms with Gasteiger partial charge in [-0.25, -0.2) is 0 Å². The molecule has 1 aromatic carbocycles. The van der Waals surface area contributed by atoms with Crippen LogP contribution in [0.3, 0.4) is 0 Å². The van der Waals surface area contributed by atoms with E-state index in [1.54, 1.807) is 0 Å². The number of benzene rings is 1. The van der Waals surface area contributed by atoms with Gasteiger partial charge in [0.25, 0.3) is 5.91 Å². The van der Waals surface area contributed by atoms with Gasteiger partial charge in [0.15, 0.2) is 5.43 Å². The van der Waals surface area contributed by atoms with Crippen molar-refractivity contribution < 1.29 is 4.79 Å². The number of nitrogens with zero attached hydrogens (tertiary/aromatic N) is 1. The number of hydrogen-bond donors (Lipinski definition) is 2. The van der Waals surface area contributed by atoms with Crippen LogP contribution in [0.5, 0.6) is 0 Å². The summed E-state index contributed by atoms with van der Waals surface area (Å²) in [6, 6.07) is 7.67. The maximum absolute atomic E-state index is 11.9. The number of aromatic nitrogens is 1. The van der Waals surface area contributed by atoms with E-state index in [4.69, 9.17) is 16.9 Å². The largest absolute Gasteiger partial charge is 0.367 e. The van der Waals surface area contributed by atoms with Gasteiger partial charge in [-0.15, -0.1) is 0 Å². The van der Waals surface area contributed by atoms with E-state index in [9.17, 15) is 9.59 Å². The molecule has 0 saturated heterocycles. The van der Waals surface area contributed by atoms with Gasteiger partial charge in [0.2, 0.25) is 0 Å². The van der Waals surface area contributed by atoms with Crippen molar-refractivity contribution in [2.45, 2.75) is 0 Å². The Balaban J connectivity index is 2.28. The Morgan fingerprint density at radius 2 is 2.16 bits per heavy atom. The molecule has 1 amide bonds. The van der Waals surface area contributed by atoms with E-state index in [1.165, 1.54) is 36.7 Å². The highest BCUT2D eigenvalue weighted by Crippen LogP contribution is 2.23. The van der Waals surface area contributed by atoms with Crippen molar-refractivity contribution in [2.75, 3.05) is 5.32 Å². The minimum atomic E-state index is -0.562. The van der Waals surface area contributed by atoms with Crippen molar-refractivity contribution in [2.24, 2.45) is 0 Å². The van der Waals surface area contributed by atoms with Gasteiger partial charge in [0.1, 0.15) is 5.56 Å². The van der Waals surface area contributed by atoms with E-state index in [0.29, 0.717) is 11.3 Å². The van der Waals surface area contributed by atoms with E-state index >= 15 is 0 Å². The van der Waals surface area contributed by atoms with Crippen molar-refractivity contribution in [3.8, 4) is 6.07 Å². The lowest BCUT2D eigenvalue weighted by Gasteiger charge is -2.06. The number of aromatic amines is 1. The molecular formula is C13H8ClN3O2. The van der Waals surface area contributed by atoms with Gasteiger partial charge in [0.05, 0.1) is 22.3 Å². The summed E-state index contributed by atoms with van der Waals surface area (Å²) in [5, 5.41) is 11.5. The van der Waals surface area contributed by atoms with Crippen molar-refractivity contribution in [1.82, 2.24) is 4.98 Å². The van der Waals surface area contributed by atoms with Gasteiger partial charge in [0, 0.05) is 18.5 Å². The first-order valence-corrected chi connectivity index (χ1v) is 5.67. The molecule has 0 radical (unpaired) electrons. The number of rotatable bonds is 2. The first-order valence-electron chi connectivity index (χ1n) is 5.30. The van der Waals surface area contributed by atoms with Crippen LogP contribution in [0.1, 0.15) is 15.9 Å². The molecule has 19 heavy (non-hydrogen) atoms. The summed E-state index contributed by atoms with van der Waals surface area (Å²) in [4.78, 5) is 26.0. The van der Waals surface area contributed by atoms with Gasteiger partial charge < -0.3 is 10.3 Å². The standard InChI is InChI=1S/C13H8ClN3O2/c14-10-5-8(6-15)1-2-11(10)17-13(19)9-7-16-4-3-12(9)18/h1-5,7H,(H,16,18)(H,17,19). The van der Waals surface area contributed by atoms with Crippen LogP contribution in [0.2, 0.25) is 5.02 Å². The summed E-state index contributed by atoms with van der Waals surface area (Å²) in [6.45, 7) is 0. The number of H-pyrrole nitrogens is 1. The molecule has 0 atom stereocenters. The van der Waals surface area contributed by atoms with Crippen LogP contribution >= 0.6 is 11.6 Å². The predicted octanol–water partition coefficient (Wildman–Crippen LogP) is 2.15. The summed E-state index contributed by atoms with van der Waals surface area (Å²) in [5.41, 5.74) is 0.332. The average molecular weight is 274 g/mol. The van der Waals surface area contributed by atoms with Crippen LogP contribution < -0.4 is 10.7 Å². The molecule has 2 N–H and O–H groups in total. The molecule has 0 aliphatic heterocycles. The third-order valence-corrected chi connectivity index (χ3v) is 2.73. The van der Waals surface area contributed by atoms with Gasteiger partial charge in [-0.2, -0.15) is 5.26 Å². The number of carbonyl (C=O) groups is 1. The lowest BCUT2D eigenvalue weighted by Crippen LogP contribution is -2.21. The highest BCUT2D eigenvalue weighted by Gasteiger charge is 2.11. The first kappa shape index (κ1) is 12.9. The van der Waals surface area contributed by atoms with E-state index in [0.717, 1.165) is 0 Å². The SMILES string of the molecule is N#Cc1ccc(NC(=O)c2c[nH]ccc2=O)c(Cl)c1. The molecule has 0 fully saturated rings. The van der Waals surface area contributed by atoms with Gasteiger partial charge >= 0.3 is 0 Å². The number of nitriles is 1. The molecule has 5 nitrogen and oxygen atoms in total. The van der Waals surface area contributed by atoms with Gasteiger partial charge in [-0.05, 0) is 18.2 Å². The number of carbonyl (C=O) groups excluding carboxylic acids is 1. The molecule has 0 saturated carbocycles. The van der Waals surface area contributed by atoms with Crippen molar-refractivity contribution in [3.63, 3.8) is 0 Å². The van der Waals surface area contributed by atoms with Crippen LogP contribution in [-0.4, -0.2) is 10.9 Å². The Bertz CT molecular complexity index is 731. The summed E-state index contributed by atoms with van der Waals surface area (Å²) in [6.07, 6.45) is 2.75. The highest BCUT2D eigenvalue weighted by atomic mass is 35.5. The summed E-state index contributed by atoms with van der Waals surface area (Å²) >= 11 is 5.93. The highest BCUT2D eigenvalue weighted by molar-refractivity contribution is 6.34. The Kier molecular flexibility index (Phi) is 3.64. The second kappa shape index (κ2) is 5.38. The van der Waals surface area contributed by atoms with Gasteiger partial charge in [-0.1, -0.05) is 11.6 Å². The summed E-state index contributed by atoms with van der Waals surface area (Å²) < 4.78 is 0. The number of amides is 1. The fraction of sp³-hybridized carbons (Fsp3) is 0. The number of pyridine rings is 1. The second-order valence-corrected chi connectivity index (χ2v) is 4.09. The minimum Gasteiger partial charge on any atom is -0.367 e. The first-order chi connectivity index (χ1) is 9.11. The smallest absolute Gasteiger partial charge is 0.261 e. The molecule has 0 spiro atoms. The van der Waals surface area contributed by atoms with E-state index in [2.05, 4.69) is 10.3 Å². The zero-order valence-corrected chi connectivity index (χ0v) is 10.4. The van der Waals surface area contributed by atoms with Crippen LogP contribution in [0.4, 0.5) is 5.69 Å². The number of nitrogens with one attached hydrogen (secondary N) is 2. The van der Waals surface area contributed by atoms with E-state index in [-0.39, 0.29) is 16.0 Å². The van der Waals surface area contributed by atoms with Crippen LogP contribution in [0.25, 0.3) is 0 Å². The molecular weight excluding hydrogens is 266 g/mol. The molecule has 0 bridgehead atoms. The minimum absolute atomic E-state index is 0.0112. The van der Waals surface area contributed by atoms with Crippen LogP contribution in [-0.2, 0) is 0 Å². The second-order valence-electron chi connectivity index (χ2n) is 3.68. The maximum atomic E-state index is 11.9. The van der Waals surface area contributed by atoms with Crippen molar-refractivity contribution in [1.29, 1.82) is 5.26 Å². The quantitative estimate of drug-likeness (QED) is 0.879. The Hall–Kier alpha value is -2.58. The van der Waals surface area contributed by atoms with Crippen LogP contribution in [0.15, 0.2) is 41.5 Å². The Morgan fingerprint density at radius 1 is 1.37 bits per heavy atom. The molecule has 6 heteroatoms. The summed E-state index contributed by atoms with van der Waals surface area (Å²) in [5.74, 6) is -0.562. The molecule has 1 aromatic heterocycles. The molecule has 1 heterocycles. The molecule has 94 valence electrons. The topological polar surface area (TPSA) is 85.8 Å². The normalized spacial score (nSPS) is 9.68. The molecule has 2 aromatic rings. The molecule has 0 aliphatic carbocycles. The predicted molar refractivity (Wildman–Crippen MR) is 71.2 cm³/mol. The third-order valence-electron chi connectivity index (χ3n) is 2.42. The molecule has 0 unspecified atom stereocenters. The number of halogens is 1. The fourth-order valence-electron chi connectivity index (χ4n) is 1.47.